The van der Waals surface area contributed by atoms with Gasteiger partial charge in [0, 0.05) is 25.1 Å². The van der Waals surface area contributed by atoms with Crippen LogP contribution >= 0.6 is 0 Å². The van der Waals surface area contributed by atoms with Crippen molar-refractivity contribution < 1.29 is 14.2 Å². The Balaban J connectivity index is 1.27. The minimum absolute atomic E-state index is 0.572. The molecule has 21 heavy (non-hydrogen) atoms. The third-order valence-electron chi connectivity index (χ3n) is 3.97. The summed E-state index contributed by atoms with van der Waals surface area (Å²) in [5.74, 6) is 1.49. The van der Waals surface area contributed by atoms with Crippen molar-refractivity contribution in [1.29, 1.82) is 0 Å². The van der Waals surface area contributed by atoms with Gasteiger partial charge in [-0.15, -0.1) is 0 Å². The summed E-state index contributed by atoms with van der Waals surface area (Å²) in [4.78, 5) is 0. The first-order chi connectivity index (χ1) is 10.4. The smallest absolute Gasteiger partial charge is 0.119 e. The van der Waals surface area contributed by atoms with E-state index in [-0.39, 0.29) is 0 Å². The van der Waals surface area contributed by atoms with E-state index in [0.29, 0.717) is 19.1 Å². The minimum atomic E-state index is 0.572. The van der Waals surface area contributed by atoms with Crippen molar-refractivity contribution in [2.24, 2.45) is 5.92 Å². The number of nitrogens with one attached hydrogen (secondary N) is 1. The predicted molar refractivity (Wildman–Crippen MR) is 81.5 cm³/mol. The highest BCUT2D eigenvalue weighted by atomic mass is 16.5. The van der Waals surface area contributed by atoms with E-state index in [2.05, 4.69) is 17.4 Å². The van der Waals surface area contributed by atoms with Crippen LogP contribution in [0.3, 0.4) is 0 Å². The molecule has 1 saturated heterocycles. The molecule has 1 saturated carbocycles. The van der Waals surface area contributed by atoms with Crippen LogP contribution < -0.4 is 10.1 Å². The van der Waals surface area contributed by atoms with Crippen molar-refractivity contribution in [2.75, 3.05) is 33.0 Å². The molecule has 1 atom stereocenters. The molecule has 0 radical (unpaired) electrons. The monoisotopic (exact) mass is 291 g/mol. The van der Waals surface area contributed by atoms with Gasteiger partial charge in [-0.05, 0) is 37.0 Å². The molecule has 4 nitrogen and oxygen atoms in total. The van der Waals surface area contributed by atoms with E-state index in [1.807, 2.05) is 12.1 Å². The van der Waals surface area contributed by atoms with Crippen molar-refractivity contribution in [2.45, 2.75) is 31.8 Å². The van der Waals surface area contributed by atoms with Crippen molar-refractivity contribution in [1.82, 2.24) is 5.32 Å². The highest BCUT2D eigenvalue weighted by molar-refractivity contribution is 5.27. The van der Waals surface area contributed by atoms with E-state index in [4.69, 9.17) is 14.2 Å². The first-order valence-electron chi connectivity index (χ1n) is 8.01. The molecule has 0 aromatic heterocycles. The lowest BCUT2D eigenvalue weighted by atomic mass is 10.1. The Labute approximate surface area is 126 Å². The molecule has 1 aliphatic carbocycles. The lowest BCUT2D eigenvalue weighted by Crippen LogP contribution is -2.15. The van der Waals surface area contributed by atoms with Gasteiger partial charge in [-0.2, -0.15) is 0 Å². The molecular weight excluding hydrogens is 266 g/mol. The van der Waals surface area contributed by atoms with Crippen LogP contribution in [-0.2, 0) is 16.0 Å². The molecule has 1 heterocycles. The van der Waals surface area contributed by atoms with Crippen LogP contribution in [0.25, 0.3) is 0 Å². The van der Waals surface area contributed by atoms with Crippen LogP contribution in [-0.4, -0.2) is 39.1 Å². The Morgan fingerprint density at radius 2 is 1.95 bits per heavy atom. The Hall–Kier alpha value is -1.10. The van der Waals surface area contributed by atoms with E-state index in [1.165, 1.54) is 18.4 Å². The average Bonchev–Trinajstić information content (AvgIpc) is 3.20. The molecule has 4 heteroatoms. The highest BCUT2D eigenvalue weighted by Crippen LogP contribution is 2.20. The second-order valence-electron chi connectivity index (χ2n) is 5.95. The summed E-state index contributed by atoms with van der Waals surface area (Å²) in [6.07, 6.45) is 3.78. The summed E-state index contributed by atoms with van der Waals surface area (Å²) in [6.45, 7) is 4.71. The fourth-order valence-electron chi connectivity index (χ4n) is 2.44. The quantitative estimate of drug-likeness (QED) is 0.709. The van der Waals surface area contributed by atoms with E-state index < -0.39 is 0 Å². The number of hydrogen-bond acceptors (Lipinski definition) is 4. The molecule has 0 amide bonds. The SMILES string of the molecule is c1cc(OCCOCC2CCOC2)ccc1CNC1CC1. The van der Waals surface area contributed by atoms with Gasteiger partial charge in [-0.1, -0.05) is 12.1 Å². The summed E-state index contributed by atoms with van der Waals surface area (Å²) in [5.41, 5.74) is 1.31. The first kappa shape index (κ1) is 14.8. The van der Waals surface area contributed by atoms with E-state index in [1.54, 1.807) is 0 Å². The molecule has 1 N–H and O–H groups in total. The molecule has 1 aromatic rings. The van der Waals surface area contributed by atoms with Crippen LogP contribution in [0, 0.1) is 5.92 Å². The van der Waals surface area contributed by atoms with Crippen molar-refractivity contribution in [3.05, 3.63) is 29.8 Å². The predicted octanol–water partition coefficient (Wildman–Crippen LogP) is 2.37. The second-order valence-corrected chi connectivity index (χ2v) is 5.95. The first-order valence-corrected chi connectivity index (χ1v) is 8.01. The average molecular weight is 291 g/mol. The molecule has 0 spiro atoms. The van der Waals surface area contributed by atoms with Crippen LogP contribution in [0.2, 0.25) is 0 Å². The maximum atomic E-state index is 5.69. The van der Waals surface area contributed by atoms with Crippen molar-refractivity contribution in [3.8, 4) is 5.75 Å². The van der Waals surface area contributed by atoms with Gasteiger partial charge in [0.25, 0.3) is 0 Å². The fourth-order valence-corrected chi connectivity index (χ4v) is 2.44. The molecule has 2 aliphatic rings. The Bertz CT molecular complexity index is 411. The summed E-state index contributed by atoms with van der Waals surface area (Å²) in [7, 11) is 0. The molecular formula is C17H25NO3. The fraction of sp³-hybridized carbons (Fsp3) is 0.647. The Kier molecular flexibility index (Phi) is 5.49. The molecule has 1 unspecified atom stereocenters. The van der Waals surface area contributed by atoms with Gasteiger partial charge < -0.3 is 19.5 Å². The minimum Gasteiger partial charge on any atom is -0.491 e. The number of hydrogen-bond donors (Lipinski definition) is 1. The van der Waals surface area contributed by atoms with E-state index in [9.17, 15) is 0 Å². The number of benzene rings is 1. The van der Waals surface area contributed by atoms with E-state index >= 15 is 0 Å². The third kappa shape index (κ3) is 5.30. The zero-order valence-electron chi connectivity index (χ0n) is 12.6. The number of rotatable bonds is 9. The van der Waals surface area contributed by atoms with Crippen LogP contribution in [0.4, 0.5) is 0 Å². The van der Waals surface area contributed by atoms with Gasteiger partial charge >= 0.3 is 0 Å². The summed E-state index contributed by atoms with van der Waals surface area (Å²) in [6, 6.07) is 9.08. The maximum Gasteiger partial charge on any atom is 0.119 e. The van der Waals surface area contributed by atoms with Crippen LogP contribution in [0.1, 0.15) is 24.8 Å². The molecule has 2 fully saturated rings. The second kappa shape index (κ2) is 7.78. The largest absolute Gasteiger partial charge is 0.491 e. The third-order valence-corrected chi connectivity index (χ3v) is 3.97. The molecule has 3 rings (SSSR count). The lowest BCUT2D eigenvalue weighted by Gasteiger charge is -2.10. The zero-order chi connectivity index (χ0) is 14.3. The van der Waals surface area contributed by atoms with Gasteiger partial charge in [0.1, 0.15) is 12.4 Å². The lowest BCUT2D eigenvalue weighted by molar-refractivity contribution is 0.0684. The Morgan fingerprint density at radius 3 is 2.67 bits per heavy atom. The summed E-state index contributed by atoms with van der Waals surface area (Å²) in [5, 5.41) is 3.51. The number of ether oxygens (including phenoxy) is 3. The van der Waals surface area contributed by atoms with Crippen LogP contribution in [0.15, 0.2) is 24.3 Å². The normalized spacial score (nSPS) is 21.6. The van der Waals surface area contributed by atoms with Gasteiger partial charge in [0.2, 0.25) is 0 Å². The summed E-state index contributed by atoms with van der Waals surface area (Å²) >= 11 is 0. The van der Waals surface area contributed by atoms with Crippen molar-refractivity contribution in [3.63, 3.8) is 0 Å². The van der Waals surface area contributed by atoms with Crippen LogP contribution in [0.5, 0.6) is 5.75 Å². The zero-order valence-corrected chi connectivity index (χ0v) is 12.6. The molecule has 0 bridgehead atoms. The Morgan fingerprint density at radius 1 is 1.10 bits per heavy atom. The van der Waals surface area contributed by atoms with Gasteiger partial charge in [-0.3, -0.25) is 0 Å². The van der Waals surface area contributed by atoms with Gasteiger partial charge in [-0.25, -0.2) is 0 Å². The molecule has 1 aromatic carbocycles. The standard InChI is InChI=1S/C17H25NO3/c1-5-17(6-2-14(1)11-18-16-3-4-16)21-10-9-20-13-15-7-8-19-12-15/h1-2,5-6,15-16,18H,3-4,7-13H2. The molecule has 116 valence electrons. The van der Waals surface area contributed by atoms with E-state index in [0.717, 1.165) is 44.6 Å². The van der Waals surface area contributed by atoms with Crippen molar-refractivity contribution >= 4 is 0 Å². The maximum absolute atomic E-state index is 5.69. The highest BCUT2D eigenvalue weighted by Gasteiger charge is 2.19. The summed E-state index contributed by atoms with van der Waals surface area (Å²) < 4.78 is 16.6. The topological polar surface area (TPSA) is 39.7 Å². The van der Waals surface area contributed by atoms with Gasteiger partial charge in [0.05, 0.1) is 19.8 Å². The molecule has 1 aliphatic heterocycles. The van der Waals surface area contributed by atoms with Gasteiger partial charge in [0.15, 0.2) is 0 Å².